The first-order chi connectivity index (χ1) is 10.1. The van der Waals surface area contributed by atoms with Gasteiger partial charge in [-0.3, -0.25) is 4.98 Å². The maximum Gasteiger partial charge on any atom is 0.135 e. The summed E-state index contributed by atoms with van der Waals surface area (Å²) in [7, 11) is 0. The number of aliphatic hydroxyl groups is 1. The molecule has 112 valence electrons. The number of aryl methyl sites for hydroxylation is 1. The van der Waals surface area contributed by atoms with Crippen molar-refractivity contribution in [2.24, 2.45) is 0 Å². The van der Waals surface area contributed by atoms with Crippen LogP contribution in [0.4, 0.5) is 0 Å². The van der Waals surface area contributed by atoms with Crippen molar-refractivity contribution in [1.82, 2.24) is 4.98 Å². The molecule has 0 radical (unpaired) electrons. The maximum atomic E-state index is 10.5. The highest BCUT2D eigenvalue weighted by Gasteiger charge is 2.41. The van der Waals surface area contributed by atoms with E-state index in [0.29, 0.717) is 6.42 Å². The molecular weight excluding hydrogens is 262 g/mol. The van der Waals surface area contributed by atoms with Gasteiger partial charge in [0.2, 0.25) is 0 Å². The van der Waals surface area contributed by atoms with E-state index in [1.807, 2.05) is 6.20 Å². The summed E-state index contributed by atoms with van der Waals surface area (Å²) in [5.41, 5.74) is 2.89. The van der Waals surface area contributed by atoms with Crippen LogP contribution in [0.25, 0.3) is 10.9 Å². The third-order valence-electron chi connectivity index (χ3n) is 4.93. The molecule has 3 heteroatoms. The lowest BCUT2D eigenvalue weighted by Gasteiger charge is -2.41. The van der Waals surface area contributed by atoms with Gasteiger partial charge in [0, 0.05) is 18.0 Å². The van der Waals surface area contributed by atoms with Crippen LogP contribution in [0.1, 0.15) is 44.7 Å². The second-order valence-electron chi connectivity index (χ2n) is 5.89. The number of hydrogen-bond donors (Lipinski definition) is 1. The Labute approximate surface area is 126 Å². The Kier molecular flexibility index (Phi) is 3.62. The van der Waals surface area contributed by atoms with Crippen molar-refractivity contribution in [2.75, 3.05) is 0 Å². The van der Waals surface area contributed by atoms with Crippen LogP contribution >= 0.6 is 0 Å². The van der Waals surface area contributed by atoms with E-state index < -0.39 is 11.7 Å². The molecule has 1 aliphatic rings. The van der Waals surface area contributed by atoms with Gasteiger partial charge in [0.25, 0.3) is 0 Å². The van der Waals surface area contributed by atoms with Gasteiger partial charge in [-0.1, -0.05) is 20.8 Å². The topological polar surface area (TPSA) is 42.4 Å². The van der Waals surface area contributed by atoms with Crippen molar-refractivity contribution in [3.05, 3.63) is 35.5 Å². The van der Waals surface area contributed by atoms with E-state index in [4.69, 9.17) is 4.74 Å². The molecule has 0 amide bonds. The first-order valence-electron chi connectivity index (χ1n) is 7.91. The van der Waals surface area contributed by atoms with Gasteiger partial charge in [-0.25, -0.2) is 0 Å². The van der Waals surface area contributed by atoms with Crippen molar-refractivity contribution in [2.45, 2.75) is 58.2 Å². The van der Waals surface area contributed by atoms with E-state index in [0.717, 1.165) is 41.5 Å². The lowest BCUT2D eigenvalue weighted by Crippen LogP contribution is -2.50. The third-order valence-corrected chi connectivity index (χ3v) is 4.93. The average Bonchev–Trinajstić information content (AvgIpc) is 2.52. The number of ether oxygens (including phenoxy) is 1. The Morgan fingerprint density at radius 1 is 1.29 bits per heavy atom. The summed E-state index contributed by atoms with van der Waals surface area (Å²) in [4.78, 5) is 4.46. The molecule has 3 nitrogen and oxygen atoms in total. The van der Waals surface area contributed by atoms with Crippen LogP contribution in [0.3, 0.4) is 0 Å². The molecular formula is C18H23NO2. The number of rotatable bonds is 3. The Balaban J connectivity index is 2.15. The van der Waals surface area contributed by atoms with Crippen molar-refractivity contribution >= 4 is 10.9 Å². The minimum Gasteiger partial charge on any atom is -0.484 e. The first kappa shape index (κ1) is 14.3. The van der Waals surface area contributed by atoms with Gasteiger partial charge >= 0.3 is 0 Å². The van der Waals surface area contributed by atoms with Crippen molar-refractivity contribution in [1.29, 1.82) is 0 Å². The van der Waals surface area contributed by atoms with Crippen LogP contribution in [-0.2, 0) is 12.8 Å². The second-order valence-corrected chi connectivity index (χ2v) is 5.89. The number of pyridine rings is 1. The normalized spacial score (nSPS) is 20.1. The van der Waals surface area contributed by atoms with E-state index in [9.17, 15) is 5.11 Å². The lowest BCUT2D eigenvalue weighted by molar-refractivity contribution is -0.0715. The first-order valence-corrected chi connectivity index (χ1v) is 7.91. The van der Waals surface area contributed by atoms with Crippen LogP contribution < -0.4 is 4.74 Å². The molecule has 1 unspecified atom stereocenters. The monoisotopic (exact) mass is 285 g/mol. The van der Waals surface area contributed by atoms with E-state index in [1.165, 1.54) is 5.56 Å². The molecule has 0 saturated carbocycles. The zero-order valence-corrected chi connectivity index (χ0v) is 13.0. The summed E-state index contributed by atoms with van der Waals surface area (Å²) in [5.74, 6) is 0.916. The predicted molar refractivity (Wildman–Crippen MR) is 84.8 cm³/mol. The maximum absolute atomic E-state index is 10.5. The lowest BCUT2D eigenvalue weighted by atomic mass is 9.83. The molecule has 0 spiro atoms. The van der Waals surface area contributed by atoms with Crippen LogP contribution in [0.5, 0.6) is 5.75 Å². The smallest absolute Gasteiger partial charge is 0.135 e. The highest BCUT2D eigenvalue weighted by atomic mass is 16.5. The summed E-state index contributed by atoms with van der Waals surface area (Å²) >= 11 is 0. The molecule has 0 aliphatic carbocycles. The fourth-order valence-corrected chi connectivity index (χ4v) is 3.38. The van der Waals surface area contributed by atoms with Gasteiger partial charge in [-0.15, -0.1) is 0 Å². The predicted octanol–water partition coefficient (Wildman–Crippen LogP) is 3.65. The standard InChI is InChI=1S/C18H23NO2/c1-4-12-7-8-19-15-9-13-10-17(20)18(5-2,6-3)21-16(13)11-14(12)15/h7-9,11,17,20H,4-6,10H2,1-3H3. The summed E-state index contributed by atoms with van der Waals surface area (Å²) in [6, 6.07) is 6.25. The number of hydrogen-bond acceptors (Lipinski definition) is 3. The highest BCUT2D eigenvalue weighted by molar-refractivity contribution is 5.84. The fourth-order valence-electron chi connectivity index (χ4n) is 3.38. The summed E-state index contributed by atoms with van der Waals surface area (Å²) < 4.78 is 6.26. The zero-order valence-electron chi connectivity index (χ0n) is 13.0. The van der Waals surface area contributed by atoms with Gasteiger partial charge < -0.3 is 9.84 Å². The number of benzene rings is 1. The van der Waals surface area contributed by atoms with Crippen LogP contribution in [0.15, 0.2) is 24.4 Å². The number of aromatic nitrogens is 1. The minimum atomic E-state index is -0.452. The number of nitrogens with zero attached hydrogens (tertiary/aromatic N) is 1. The van der Waals surface area contributed by atoms with E-state index in [1.54, 1.807) is 0 Å². The molecule has 0 saturated heterocycles. The van der Waals surface area contributed by atoms with Gasteiger partial charge in [-0.05, 0) is 48.6 Å². The van der Waals surface area contributed by atoms with Crippen LogP contribution in [-0.4, -0.2) is 21.8 Å². The van der Waals surface area contributed by atoms with Crippen molar-refractivity contribution < 1.29 is 9.84 Å². The third kappa shape index (κ3) is 2.20. The molecule has 1 aliphatic heterocycles. The van der Waals surface area contributed by atoms with Gasteiger partial charge in [0.15, 0.2) is 0 Å². The molecule has 21 heavy (non-hydrogen) atoms. The Bertz CT molecular complexity index is 662. The zero-order chi connectivity index (χ0) is 15.0. The molecule has 2 heterocycles. The van der Waals surface area contributed by atoms with Crippen LogP contribution in [0, 0.1) is 0 Å². The van der Waals surface area contributed by atoms with Gasteiger partial charge in [0.05, 0.1) is 11.6 Å². The van der Waals surface area contributed by atoms with Crippen molar-refractivity contribution in [3.8, 4) is 5.75 Å². The summed E-state index contributed by atoms with van der Waals surface area (Å²) in [5, 5.41) is 11.7. The van der Waals surface area contributed by atoms with E-state index in [2.05, 4.69) is 44.0 Å². The van der Waals surface area contributed by atoms with E-state index >= 15 is 0 Å². The van der Waals surface area contributed by atoms with Gasteiger partial charge in [-0.2, -0.15) is 0 Å². The van der Waals surface area contributed by atoms with E-state index in [-0.39, 0.29) is 0 Å². The molecule has 2 aromatic rings. The highest BCUT2D eigenvalue weighted by Crippen LogP contribution is 2.39. The summed E-state index contributed by atoms with van der Waals surface area (Å²) in [6.07, 6.45) is 4.66. The SMILES string of the molecule is CCc1ccnc2cc3c(cc12)OC(CC)(CC)C(O)C3. The molecule has 0 bridgehead atoms. The quantitative estimate of drug-likeness (QED) is 0.936. The Morgan fingerprint density at radius 3 is 2.71 bits per heavy atom. The Morgan fingerprint density at radius 2 is 2.05 bits per heavy atom. The molecule has 1 N–H and O–H groups in total. The Hall–Kier alpha value is -1.61. The average molecular weight is 285 g/mol. The minimum absolute atomic E-state index is 0.449. The van der Waals surface area contributed by atoms with Crippen LogP contribution in [0.2, 0.25) is 0 Å². The number of fused-ring (bicyclic) bond motifs is 2. The largest absolute Gasteiger partial charge is 0.484 e. The van der Waals surface area contributed by atoms with Gasteiger partial charge in [0.1, 0.15) is 11.4 Å². The van der Waals surface area contributed by atoms with Crippen molar-refractivity contribution in [3.63, 3.8) is 0 Å². The summed E-state index contributed by atoms with van der Waals surface area (Å²) in [6.45, 7) is 6.32. The molecule has 3 rings (SSSR count). The molecule has 1 atom stereocenters. The molecule has 1 aromatic carbocycles. The number of aliphatic hydroxyl groups excluding tert-OH is 1. The second kappa shape index (κ2) is 5.30. The fraction of sp³-hybridized carbons (Fsp3) is 0.500. The molecule has 1 aromatic heterocycles. The molecule has 0 fully saturated rings.